The SMILES string of the molecule is Cc1cnccc1CNC(=O)N1C[C@@H](C)O[C@@H](c2ccc(F)cc2)C1. The minimum Gasteiger partial charge on any atom is -0.367 e. The Hall–Kier alpha value is -2.47. The number of halogens is 1. The van der Waals surface area contributed by atoms with Gasteiger partial charge in [-0.1, -0.05) is 12.1 Å². The number of hydrogen-bond acceptors (Lipinski definition) is 3. The maximum atomic E-state index is 13.1. The van der Waals surface area contributed by atoms with E-state index in [2.05, 4.69) is 10.3 Å². The molecule has 2 atom stereocenters. The van der Waals surface area contributed by atoms with Gasteiger partial charge >= 0.3 is 6.03 Å². The first kappa shape index (κ1) is 17.4. The number of urea groups is 1. The van der Waals surface area contributed by atoms with Gasteiger partial charge in [0.05, 0.1) is 12.6 Å². The zero-order valence-electron chi connectivity index (χ0n) is 14.4. The molecule has 1 aliphatic heterocycles. The molecule has 2 amide bonds. The summed E-state index contributed by atoms with van der Waals surface area (Å²) in [6.07, 6.45) is 3.16. The van der Waals surface area contributed by atoms with Crippen molar-refractivity contribution in [3.63, 3.8) is 0 Å². The average Bonchev–Trinajstić information content (AvgIpc) is 2.61. The highest BCUT2D eigenvalue weighted by atomic mass is 19.1. The molecular weight excluding hydrogens is 321 g/mol. The van der Waals surface area contributed by atoms with E-state index in [4.69, 9.17) is 4.74 Å². The Morgan fingerprint density at radius 2 is 2.08 bits per heavy atom. The number of amides is 2. The maximum Gasteiger partial charge on any atom is 0.317 e. The van der Waals surface area contributed by atoms with Crippen LogP contribution in [0.4, 0.5) is 9.18 Å². The van der Waals surface area contributed by atoms with Gasteiger partial charge in [-0.25, -0.2) is 9.18 Å². The van der Waals surface area contributed by atoms with Crippen molar-refractivity contribution in [2.24, 2.45) is 0 Å². The fourth-order valence-electron chi connectivity index (χ4n) is 2.96. The molecule has 0 unspecified atom stereocenters. The number of nitrogens with one attached hydrogen (secondary N) is 1. The minimum absolute atomic E-state index is 0.0859. The highest BCUT2D eigenvalue weighted by molar-refractivity contribution is 5.74. The van der Waals surface area contributed by atoms with E-state index in [1.807, 2.05) is 19.9 Å². The zero-order chi connectivity index (χ0) is 17.8. The number of carbonyl (C=O) groups excluding carboxylic acids is 1. The maximum absolute atomic E-state index is 13.1. The van der Waals surface area contributed by atoms with Crippen LogP contribution in [0, 0.1) is 12.7 Å². The second-order valence-corrected chi connectivity index (χ2v) is 6.35. The van der Waals surface area contributed by atoms with Crippen molar-refractivity contribution in [3.8, 4) is 0 Å². The van der Waals surface area contributed by atoms with E-state index >= 15 is 0 Å². The first-order valence-electron chi connectivity index (χ1n) is 8.36. The molecule has 1 fully saturated rings. The van der Waals surface area contributed by atoms with Crippen LogP contribution in [0.5, 0.6) is 0 Å². The normalized spacial score (nSPS) is 20.4. The number of morpholine rings is 1. The van der Waals surface area contributed by atoms with E-state index in [0.717, 1.165) is 16.7 Å². The predicted molar refractivity (Wildman–Crippen MR) is 92.5 cm³/mol. The van der Waals surface area contributed by atoms with Gasteiger partial charge in [-0.2, -0.15) is 0 Å². The lowest BCUT2D eigenvalue weighted by atomic mass is 10.1. The molecule has 1 saturated heterocycles. The lowest BCUT2D eigenvalue weighted by Gasteiger charge is -2.37. The predicted octanol–water partition coefficient (Wildman–Crippen LogP) is 3.20. The third-order valence-corrected chi connectivity index (χ3v) is 4.36. The van der Waals surface area contributed by atoms with Gasteiger partial charge in [0, 0.05) is 25.5 Å². The van der Waals surface area contributed by atoms with Crippen LogP contribution >= 0.6 is 0 Å². The fraction of sp³-hybridized carbons (Fsp3) is 0.368. The van der Waals surface area contributed by atoms with Gasteiger partial charge in [0.15, 0.2) is 0 Å². The molecule has 25 heavy (non-hydrogen) atoms. The quantitative estimate of drug-likeness (QED) is 0.931. The number of rotatable bonds is 3. The number of aromatic nitrogens is 1. The Morgan fingerprint density at radius 1 is 1.32 bits per heavy atom. The summed E-state index contributed by atoms with van der Waals surface area (Å²) in [7, 11) is 0. The molecule has 0 radical (unpaired) electrons. The highest BCUT2D eigenvalue weighted by Crippen LogP contribution is 2.25. The van der Waals surface area contributed by atoms with Gasteiger partial charge < -0.3 is 15.0 Å². The van der Waals surface area contributed by atoms with Crippen molar-refractivity contribution in [1.29, 1.82) is 0 Å². The largest absolute Gasteiger partial charge is 0.367 e. The van der Waals surface area contributed by atoms with E-state index in [9.17, 15) is 9.18 Å². The standard InChI is InChI=1S/C19H22FN3O2/c1-13-9-21-8-7-16(13)10-22-19(24)23-11-14(2)25-18(12-23)15-3-5-17(20)6-4-15/h3-9,14,18H,10-12H2,1-2H3,(H,22,24)/t14-,18-/m1/s1. The number of ether oxygens (including phenoxy) is 1. The number of benzene rings is 1. The summed E-state index contributed by atoms with van der Waals surface area (Å²) in [5.74, 6) is -0.282. The average molecular weight is 343 g/mol. The molecule has 6 heteroatoms. The molecule has 3 rings (SSSR count). The number of hydrogen-bond donors (Lipinski definition) is 1. The van der Waals surface area contributed by atoms with Crippen LogP contribution in [0.2, 0.25) is 0 Å². The first-order chi connectivity index (χ1) is 12.0. The monoisotopic (exact) mass is 343 g/mol. The van der Waals surface area contributed by atoms with Crippen molar-refractivity contribution in [2.75, 3.05) is 13.1 Å². The lowest BCUT2D eigenvalue weighted by Crippen LogP contribution is -2.49. The fourth-order valence-corrected chi connectivity index (χ4v) is 2.96. The second kappa shape index (κ2) is 7.61. The number of nitrogens with zero attached hydrogens (tertiary/aromatic N) is 2. The highest BCUT2D eigenvalue weighted by Gasteiger charge is 2.29. The number of pyridine rings is 1. The van der Waals surface area contributed by atoms with E-state index in [0.29, 0.717) is 19.6 Å². The second-order valence-electron chi connectivity index (χ2n) is 6.35. The van der Waals surface area contributed by atoms with Crippen molar-refractivity contribution in [3.05, 3.63) is 65.2 Å². The van der Waals surface area contributed by atoms with Crippen LogP contribution in [0.1, 0.15) is 29.7 Å². The van der Waals surface area contributed by atoms with Crippen LogP contribution in [0.15, 0.2) is 42.7 Å². The summed E-state index contributed by atoms with van der Waals surface area (Å²) in [6, 6.07) is 8.00. The molecule has 2 heterocycles. The third-order valence-electron chi connectivity index (χ3n) is 4.36. The third kappa shape index (κ3) is 4.33. The Balaban J connectivity index is 1.63. The van der Waals surface area contributed by atoms with E-state index in [1.54, 1.807) is 29.4 Å². The molecule has 132 valence electrons. The molecule has 1 aliphatic rings. The lowest BCUT2D eigenvalue weighted by molar-refractivity contribution is -0.0657. The van der Waals surface area contributed by atoms with Crippen molar-refractivity contribution < 1.29 is 13.9 Å². The Bertz CT molecular complexity index is 736. The molecule has 1 aromatic carbocycles. The van der Waals surface area contributed by atoms with Crippen molar-refractivity contribution in [2.45, 2.75) is 32.6 Å². The van der Waals surface area contributed by atoms with Crippen molar-refractivity contribution in [1.82, 2.24) is 15.2 Å². The Labute approximate surface area is 146 Å². The molecule has 0 saturated carbocycles. The first-order valence-corrected chi connectivity index (χ1v) is 8.36. The molecule has 1 N–H and O–H groups in total. The summed E-state index contributed by atoms with van der Waals surface area (Å²) in [6.45, 7) is 5.33. The van der Waals surface area contributed by atoms with E-state index in [1.165, 1.54) is 12.1 Å². The topological polar surface area (TPSA) is 54.5 Å². The van der Waals surface area contributed by atoms with Crippen LogP contribution in [-0.2, 0) is 11.3 Å². The smallest absolute Gasteiger partial charge is 0.317 e. The molecule has 5 nitrogen and oxygen atoms in total. The van der Waals surface area contributed by atoms with Crippen molar-refractivity contribution >= 4 is 6.03 Å². The summed E-state index contributed by atoms with van der Waals surface area (Å²) in [4.78, 5) is 18.3. The van der Waals surface area contributed by atoms with Gasteiger partial charge in [-0.15, -0.1) is 0 Å². The molecule has 0 spiro atoms. The van der Waals surface area contributed by atoms with Crippen LogP contribution < -0.4 is 5.32 Å². The molecule has 0 bridgehead atoms. The van der Waals surface area contributed by atoms with Gasteiger partial charge in [0.25, 0.3) is 0 Å². The molecule has 1 aromatic heterocycles. The number of aryl methyl sites for hydroxylation is 1. The van der Waals surface area contributed by atoms with E-state index < -0.39 is 0 Å². The summed E-state index contributed by atoms with van der Waals surface area (Å²) < 4.78 is 19.0. The summed E-state index contributed by atoms with van der Waals surface area (Å²) in [5, 5.41) is 2.95. The molecule has 0 aliphatic carbocycles. The Kier molecular flexibility index (Phi) is 5.28. The van der Waals surface area contributed by atoms with Gasteiger partial charge in [0.2, 0.25) is 0 Å². The van der Waals surface area contributed by atoms with Crippen LogP contribution in [0.25, 0.3) is 0 Å². The van der Waals surface area contributed by atoms with Gasteiger partial charge in [-0.3, -0.25) is 4.98 Å². The van der Waals surface area contributed by atoms with Gasteiger partial charge in [-0.05, 0) is 48.7 Å². The van der Waals surface area contributed by atoms with E-state index in [-0.39, 0.29) is 24.1 Å². The van der Waals surface area contributed by atoms with Crippen LogP contribution in [0.3, 0.4) is 0 Å². The molecular formula is C19H22FN3O2. The summed E-state index contributed by atoms with van der Waals surface area (Å²) >= 11 is 0. The molecule has 2 aromatic rings. The summed E-state index contributed by atoms with van der Waals surface area (Å²) in [5.41, 5.74) is 2.96. The Morgan fingerprint density at radius 3 is 2.80 bits per heavy atom. The number of carbonyl (C=O) groups is 1. The zero-order valence-corrected chi connectivity index (χ0v) is 14.4. The minimum atomic E-state index is -0.282. The van der Waals surface area contributed by atoms with Crippen LogP contribution in [-0.4, -0.2) is 35.1 Å². The van der Waals surface area contributed by atoms with Gasteiger partial charge in [0.1, 0.15) is 11.9 Å².